The number of imidazole rings is 1. The third-order valence-electron chi connectivity index (χ3n) is 10.5. The Bertz CT molecular complexity index is 1860. The number of halogens is 3. The molecule has 2 N–H and O–H groups in total. The van der Waals surface area contributed by atoms with Gasteiger partial charge in [0.15, 0.2) is 5.69 Å². The van der Waals surface area contributed by atoms with Gasteiger partial charge in [-0.2, -0.15) is 18.3 Å². The molecule has 3 aromatic rings. The zero-order valence-electron chi connectivity index (χ0n) is 30.8. The zero-order chi connectivity index (χ0) is 38.1. The molecule has 0 bridgehead atoms. The van der Waals surface area contributed by atoms with Crippen molar-refractivity contribution < 1.29 is 37.0 Å². The predicted octanol–water partition coefficient (Wildman–Crippen LogP) is 5.73. The van der Waals surface area contributed by atoms with Gasteiger partial charge in [-0.25, -0.2) is 9.59 Å². The molecular weight excluding hydrogens is 695 g/mol. The van der Waals surface area contributed by atoms with Crippen LogP contribution in [0.25, 0.3) is 11.0 Å². The molecule has 3 aliphatic rings. The Hall–Kier alpha value is -4.18. The molecule has 1 saturated carbocycles. The summed E-state index contributed by atoms with van der Waals surface area (Å²) in [6.07, 6.45) is 2.77. The first kappa shape index (κ1) is 38.5. The lowest BCUT2D eigenvalue weighted by molar-refractivity contribution is -0.141. The highest BCUT2D eigenvalue weighted by Crippen LogP contribution is 2.38. The van der Waals surface area contributed by atoms with Gasteiger partial charge in [-0.05, 0) is 96.1 Å². The van der Waals surface area contributed by atoms with Crippen LogP contribution in [0.1, 0.15) is 102 Å². The third-order valence-corrected chi connectivity index (χ3v) is 10.5. The van der Waals surface area contributed by atoms with Crippen LogP contribution in [0.4, 0.5) is 23.7 Å². The van der Waals surface area contributed by atoms with Gasteiger partial charge in [0, 0.05) is 45.9 Å². The number of hydrogen-bond acceptors (Lipinski definition) is 8. The van der Waals surface area contributed by atoms with E-state index in [9.17, 15) is 32.3 Å². The van der Waals surface area contributed by atoms with Crippen molar-refractivity contribution in [2.45, 2.75) is 115 Å². The van der Waals surface area contributed by atoms with E-state index in [1.165, 1.54) is 15.4 Å². The molecule has 6 rings (SSSR count). The SMILES string of the molecule is Cn1c(=O)n(C2CCC(=O)NC2=O)c2cccc(CCCOC3CCN(CC4CCC(n5cc(NC(=O)OC(C)(C)C)c(C(F)(F)F)n5)CC4)CC3)c21. The van der Waals surface area contributed by atoms with E-state index in [0.29, 0.717) is 43.7 Å². The van der Waals surface area contributed by atoms with Crippen LogP contribution >= 0.6 is 0 Å². The van der Waals surface area contributed by atoms with Gasteiger partial charge in [-0.3, -0.25) is 34.0 Å². The van der Waals surface area contributed by atoms with E-state index in [2.05, 4.69) is 20.6 Å². The summed E-state index contributed by atoms with van der Waals surface area (Å²) in [6.45, 7) is 8.30. The number of amides is 3. The molecule has 1 unspecified atom stereocenters. The standard InChI is InChI=1S/C37H50F3N7O6/c1-36(2,3)53-34(50)41-27-22-46(43-32(27)37(38,39)40)25-12-10-23(11-13-25)21-45-18-16-26(17-19-45)52-20-6-8-24-7-5-9-28-31(24)44(4)35(51)47(28)29-14-15-30(48)42-33(29)49/h5,7,9,22-23,25-26,29H,6,8,10-21H2,1-4H3,(H,41,50)(H,42,48,49). The molecule has 2 aliphatic heterocycles. The minimum atomic E-state index is -4.72. The van der Waals surface area contributed by atoms with E-state index < -0.39 is 41.2 Å². The van der Waals surface area contributed by atoms with Crippen LogP contribution in [0.5, 0.6) is 0 Å². The number of hydrogen-bond donors (Lipinski definition) is 2. The van der Waals surface area contributed by atoms with Gasteiger partial charge in [0.05, 0.1) is 28.9 Å². The minimum absolute atomic E-state index is 0.168. The molecule has 1 aliphatic carbocycles. The van der Waals surface area contributed by atoms with Crippen LogP contribution in [0, 0.1) is 5.92 Å². The number of nitrogens with zero attached hydrogens (tertiary/aromatic N) is 5. The molecule has 4 heterocycles. The summed E-state index contributed by atoms with van der Waals surface area (Å²) in [5, 5.41) is 8.44. The van der Waals surface area contributed by atoms with E-state index in [1.807, 2.05) is 18.2 Å². The third kappa shape index (κ3) is 9.14. The molecule has 1 aromatic carbocycles. The summed E-state index contributed by atoms with van der Waals surface area (Å²) in [5.41, 5.74) is -0.165. The Morgan fingerprint density at radius 2 is 1.74 bits per heavy atom. The number of piperidine rings is 2. The van der Waals surface area contributed by atoms with E-state index in [0.717, 1.165) is 62.8 Å². The Balaban J connectivity index is 0.937. The molecule has 2 saturated heterocycles. The van der Waals surface area contributed by atoms with Crippen molar-refractivity contribution >= 4 is 34.6 Å². The van der Waals surface area contributed by atoms with Crippen LogP contribution in [0.2, 0.25) is 0 Å². The van der Waals surface area contributed by atoms with E-state index >= 15 is 0 Å². The lowest BCUT2D eigenvalue weighted by Crippen LogP contribution is -2.44. The first-order chi connectivity index (χ1) is 25.1. The number of rotatable bonds is 10. The molecule has 1 atom stereocenters. The number of para-hydroxylation sites is 1. The molecule has 290 valence electrons. The summed E-state index contributed by atoms with van der Waals surface area (Å²) in [5.74, 6) is -0.321. The highest BCUT2D eigenvalue weighted by Gasteiger charge is 2.39. The highest BCUT2D eigenvalue weighted by molar-refractivity contribution is 6.00. The molecule has 13 nitrogen and oxygen atoms in total. The number of likely N-dealkylation sites (tertiary alicyclic amines) is 1. The fourth-order valence-electron chi connectivity index (χ4n) is 7.97. The molecule has 16 heteroatoms. The van der Waals surface area contributed by atoms with Crippen LogP contribution in [-0.2, 0) is 38.7 Å². The Morgan fingerprint density at radius 3 is 2.40 bits per heavy atom. The Labute approximate surface area is 306 Å². The van der Waals surface area contributed by atoms with Gasteiger partial charge >= 0.3 is 18.0 Å². The lowest BCUT2D eigenvalue weighted by atomic mass is 9.85. The first-order valence-electron chi connectivity index (χ1n) is 18.6. The molecule has 0 radical (unpaired) electrons. The van der Waals surface area contributed by atoms with E-state index in [4.69, 9.17) is 9.47 Å². The van der Waals surface area contributed by atoms with Crippen molar-refractivity contribution in [3.8, 4) is 0 Å². The fraction of sp³-hybridized carbons (Fsp3) is 0.649. The van der Waals surface area contributed by atoms with Crippen molar-refractivity contribution in [3.63, 3.8) is 0 Å². The van der Waals surface area contributed by atoms with Crippen LogP contribution in [0.3, 0.4) is 0 Å². The van der Waals surface area contributed by atoms with Crippen molar-refractivity contribution in [2.24, 2.45) is 13.0 Å². The maximum absolute atomic E-state index is 13.8. The molecule has 3 amide bonds. The minimum Gasteiger partial charge on any atom is -0.444 e. The highest BCUT2D eigenvalue weighted by atomic mass is 19.4. The van der Waals surface area contributed by atoms with Crippen molar-refractivity contribution in [1.29, 1.82) is 0 Å². The summed E-state index contributed by atoms with van der Waals surface area (Å²) in [6, 6.07) is 4.84. The Morgan fingerprint density at radius 1 is 1.02 bits per heavy atom. The largest absolute Gasteiger partial charge is 0.444 e. The average molecular weight is 746 g/mol. The normalized spacial score (nSPS) is 22.3. The van der Waals surface area contributed by atoms with Crippen molar-refractivity contribution in [1.82, 2.24) is 29.1 Å². The van der Waals surface area contributed by atoms with Crippen LogP contribution in [0.15, 0.2) is 29.2 Å². The summed E-state index contributed by atoms with van der Waals surface area (Å²) in [4.78, 5) is 52.1. The van der Waals surface area contributed by atoms with Crippen LogP contribution in [-0.4, -0.2) is 79.7 Å². The molecule has 0 spiro atoms. The fourth-order valence-corrected chi connectivity index (χ4v) is 7.97. The lowest BCUT2D eigenvalue weighted by Gasteiger charge is -2.36. The van der Waals surface area contributed by atoms with E-state index in [1.54, 1.807) is 32.4 Å². The molecular formula is C37H50F3N7O6. The number of benzene rings is 1. The van der Waals surface area contributed by atoms with Crippen molar-refractivity contribution in [3.05, 3.63) is 46.1 Å². The number of aryl methyl sites for hydroxylation is 2. The second kappa shape index (κ2) is 15.7. The number of imide groups is 1. The van der Waals surface area contributed by atoms with Gasteiger partial charge < -0.3 is 14.4 Å². The summed E-state index contributed by atoms with van der Waals surface area (Å²) in [7, 11) is 1.71. The number of carbonyl (C=O) groups is 3. The Kier molecular flexibility index (Phi) is 11.4. The number of carbonyl (C=O) groups excluding carboxylic acids is 3. The van der Waals surface area contributed by atoms with Crippen molar-refractivity contribution in [2.75, 3.05) is 31.6 Å². The molecule has 2 aromatic heterocycles. The smallest absolute Gasteiger partial charge is 0.437 e. The monoisotopic (exact) mass is 745 g/mol. The zero-order valence-corrected chi connectivity index (χ0v) is 30.8. The van der Waals surface area contributed by atoms with Gasteiger partial charge in [0.2, 0.25) is 11.8 Å². The summed E-state index contributed by atoms with van der Waals surface area (Å²) < 4.78 is 57.2. The van der Waals surface area contributed by atoms with Gasteiger partial charge in [-0.15, -0.1) is 0 Å². The second-order valence-electron chi connectivity index (χ2n) is 15.6. The van der Waals surface area contributed by atoms with Gasteiger partial charge in [0.1, 0.15) is 11.6 Å². The van der Waals surface area contributed by atoms with Gasteiger partial charge in [0.25, 0.3) is 0 Å². The van der Waals surface area contributed by atoms with Gasteiger partial charge in [-0.1, -0.05) is 12.1 Å². The number of fused-ring (bicyclic) bond motifs is 1. The maximum Gasteiger partial charge on any atom is 0.437 e. The quantitative estimate of drug-likeness (QED) is 0.198. The summed E-state index contributed by atoms with van der Waals surface area (Å²) >= 11 is 0. The number of aromatic nitrogens is 4. The average Bonchev–Trinajstić information content (AvgIpc) is 3.62. The molecule has 53 heavy (non-hydrogen) atoms. The molecule has 3 fully saturated rings. The number of nitrogens with one attached hydrogen (secondary N) is 2. The number of anilines is 1. The second-order valence-corrected chi connectivity index (χ2v) is 15.6. The first-order valence-corrected chi connectivity index (χ1v) is 18.6. The number of ether oxygens (including phenoxy) is 2. The number of alkyl halides is 3. The van der Waals surface area contributed by atoms with Crippen LogP contribution < -0.4 is 16.3 Å². The maximum atomic E-state index is 13.8. The predicted molar refractivity (Wildman–Crippen MR) is 190 cm³/mol. The van der Waals surface area contributed by atoms with E-state index in [-0.39, 0.29) is 30.2 Å². The topological polar surface area (TPSA) is 142 Å².